The topological polar surface area (TPSA) is 120 Å². The van der Waals surface area contributed by atoms with E-state index in [1.54, 1.807) is 6.92 Å². The van der Waals surface area contributed by atoms with E-state index in [0.29, 0.717) is 23.3 Å². The van der Waals surface area contributed by atoms with Crippen LogP contribution in [-0.2, 0) is 0 Å². The van der Waals surface area contributed by atoms with E-state index in [1.165, 1.54) is 41.4 Å². The summed E-state index contributed by atoms with van der Waals surface area (Å²) in [4.78, 5) is 22.5. The summed E-state index contributed by atoms with van der Waals surface area (Å²) in [5.74, 6) is -2.27. The lowest BCUT2D eigenvalue weighted by Gasteiger charge is -2.41. The molecule has 1 fully saturated rings. The zero-order valence-electron chi connectivity index (χ0n) is 19.5. The number of allylic oxidation sites excluding steroid dienone is 2. The largest absolute Gasteiger partial charge is 0.483 e. The molecule has 1 aromatic heterocycles. The molecule has 0 radical (unpaired) electrons. The van der Waals surface area contributed by atoms with E-state index < -0.39 is 35.6 Å². The number of benzene rings is 1. The van der Waals surface area contributed by atoms with Gasteiger partial charge in [-0.2, -0.15) is 10.4 Å². The van der Waals surface area contributed by atoms with Crippen LogP contribution in [0.4, 0.5) is 18.0 Å². The fourth-order valence-corrected chi connectivity index (χ4v) is 3.96. The Hall–Kier alpha value is -4.40. The van der Waals surface area contributed by atoms with Gasteiger partial charge in [0.15, 0.2) is 11.6 Å². The molecule has 1 aromatic carbocycles. The van der Waals surface area contributed by atoms with Gasteiger partial charge in [-0.1, -0.05) is 0 Å². The van der Waals surface area contributed by atoms with Crippen LogP contribution in [0.3, 0.4) is 0 Å². The highest BCUT2D eigenvalue weighted by Crippen LogP contribution is 2.32. The first-order valence-electron chi connectivity index (χ1n) is 10.9. The minimum absolute atomic E-state index is 0.0406. The first kappa shape index (κ1) is 24.7. The van der Waals surface area contributed by atoms with Gasteiger partial charge in [0.05, 0.1) is 36.7 Å². The van der Waals surface area contributed by atoms with Crippen molar-refractivity contribution in [1.29, 1.82) is 5.26 Å². The molecule has 0 aliphatic carbocycles. The number of pyridine rings is 1. The van der Waals surface area contributed by atoms with Gasteiger partial charge in [-0.05, 0) is 24.6 Å². The molecule has 12 heteroatoms. The summed E-state index contributed by atoms with van der Waals surface area (Å²) in [5.41, 5.74) is 6.92. The Morgan fingerprint density at radius 3 is 2.56 bits per heavy atom. The number of carbonyl (C=O) groups is 1. The highest BCUT2D eigenvalue weighted by Gasteiger charge is 2.39. The van der Waals surface area contributed by atoms with Crippen molar-refractivity contribution in [2.24, 2.45) is 15.8 Å². The first-order valence-corrected chi connectivity index (χ1v) is 10.9. The second-order valence-electron chi connectivity index (χ2n) is 8.25. The Labute approximate surface area is 205 Å². The van der Waals surface area contributed by atoms with Crippen molar-refractivity contribution in [2.75, 3.05) is 20.1 Å². The zero-order chi connectivity index (χ0) is 26.0. The van der Waals surface area contributed by atoms with Gasteiger partial charge >= 0.3 is 6.03 Å². The maximum atomic E-state index is 14.4. The van der Waals surface area contributed by atoms with Crippen molar-refractivity contribution in [3.05, 3.63) is 70.4 Å². The number of ether oxygens (including phenoxy) is 1. The van der Waals surface area contributed by atoms with E-state index >= 15 is 0 Å². The van der Waals surface area contributed by atoms with E-state index in [0.717, 1.165) is 12.3 Å². The average molecular weight is 497 g/mol. The quantitative estimate of drug-likeness (QED) is 0.502. The van der Waals surface area contributed by atoms with Crippen molar-refractivity contribution >= 4 is 18.0 Å². The molecule has 36 heavy (non-hydrogen) atoms. The van der Waals surface area contributed by atoms with Crippen LogP contribution in [-0.4, -0.2) is 59.1 Å². The van der Waals surface area contributed by atoms with Gasteiger partial charge in [0.25, 0.3) is 0 Å². The van der Waals surface area contributed by atoms with Crippen LogP contribution in [0.5, 0.6) is 5.75 Å². The predicted molar refractivity (Wildman–Crippen MR) is 125 cm³/mol. The van der Waals surface area contributed by atoms with Crippen LogP contribution in [0, 0.1) is 28.8 Å². The molecule has 0 saturated carbocycles. The number of halogens is 3. The van der Waals surface area contributed by atoms with E-state index in [1.807, 2.05) is 6.07 Å². The van der Waals surface area contributed by atoms with Crippen molar-refractivity contribution in [3.63, 3.8) is 0 Å². The van der Waals surface area contributed by atoms with E-state index in [9.17, 15) is 18.0 Å². The number of hydrazone groups is 1. The van der Waals surface area contributed by atoms with Crippen LogP contribution in [0.1, 0.15) is 30.6 Å². The number of nitrogens with two attached hydrogens (primary N) is 1. The number of hydrogen-bond donors (Lipinski definition) is 1. The Morgan fingerprint density at radius 1 is 1.22 bits per heavy atom. The molecular formula is C24H22F3N7O2. The Kier molecular flexibility index (Phi) is 6.91. The molecule has 0 spiro atoms. The maximum Gasteiger partial charge on any atom is 0.341 e. The van der Waals surface area contributed by atoms with Crippen molar-refractivity contribution < 1.29 is 22.7 Å². The molecule has 186 valence electrons. The minimum atomic E-state index is -0.738. The first-order chi connectivity index (χ1) is 17.2. The number of nitrogens with zero attached hydrogens (tertiary/aromatic N) is 6. The minimum Gasteiger partial charge on any atom is -0.483 e. The summed E-state index contributed by atoms with van der Waals surface area (Å²) >= 11 is 0. The van der Waals surface area contributed by atoms with Gasteiger partial charge in [0, 0.05) is 37.4 Å². The summed E-state index contributed by atoms with van der Waals surface area (Å²) in [5, 5.41) is 14.3. The maximum absolute atomic E-state index is 14.4. The molecule has 2 aliphatic rings. The zero-order valence-corrected chi connectivity index (χ0v) is 19.5. The summed E-state index contributed by atoms with van der Waals surface area (Å²) in [7, 11) is 1.50. The van der Waals surface area contributed by atoms with Crippen molar-refractivity contribution in [3.8, 4) is 11.8 Å². The SMILES string of the molecule is CN=C(C(C)=C(N)C#N)c1cc(OC2CN(C(=O)N3N=CCC3c3cc(F)cc(F)c3)C2)c(F)cn1. The monoisotopic (exact) mass is 497 g/mol. The van der Waals surface area contributed by atoms with Crippen LogP contribution in [0.2, 0.25) is 0 Å². The Balaban J connectivity index is 1.43. The van der Waals surface area contributed by atoms with Gasteiger partial charge in [0.2, 0.25) is 0 Å². The average Bonchev–Trinajstić information content (AvgIpc) is 3.31. The molecule has 2 N–H and O–H groups in total. The van der Waals surface area contributed by atoms with Crippen molar-refractivity contribution in [2.45, 2.75) is 25.5 Å². The lowest BCUT2D eigenvalue weighted by molar-refractivity contribution is 0.0256. The van der Waals surface area contributed by atoms with Gasteiger partial charge in [-0.25, -0.2) is 23.0 Å². The van der Waals surface area contributed by atoms with Crippen LogP contribution < -0.4 is 10.5 Å². The third kappa shape index (κ3) is 4.86. The highest BCUT2D eigenvalue weighted by molar-refractivity contribution is 6.11. The molecule has 1 atom stereocenters. The lowest BCUT2D eigenvalue weighted by atomic mass is 10.0. The number of rotatable bonds is 5. The smallest absolute Gasteiger partial charge is 0.341 e. The molecule has 9 nitrogen and oxygen atoms in total. The van der Waals surface area contributed by atoms with Gasteiger partial charge < -0.3 is 15.4 Å². The fraction of sp³-hybridized carbons (Fsp3) is 0.292. The molecule has 1 unspecified atom stereocenters. The number of nitriles is 1. The predicted octanol–water partition coefficient (Wildman–Crippen LogP) is 3.29. The van der Waals surface area contributed by atoms with Gasteiger partial charge in [-0.15, -0.1) is 0 Å². The number of carbonyl (C=O) groups excluding carboxylic acids is 1. The third-order valence-electron chi connectivity index (χ3n) is 5.87. The normalized spacial score (nSPS) is 18.6. The molecule has 1 saturated heterocycles. The molecule has 0 bridgehead atoms. The van der Waals surface area contributed by atoms with Crippen molar-refractivity contribution in [1.82, 2.24) is 14.9 Å². The number of urea groups is 1. The summed E-state index contributed by atoms with van der Waals surface area (Å²) < 4.78 is 47.5. The number of amides is 2. The summed E-state index contributed by atoms with van der Waals surface area (Å²) in [6, 6.07) is 5.21. The molecule has 4 rings (SSSR count). The second-order valence-corrected chi connectivity index (χ2v) is 8.25. The highest BCUT2D eigenvalue weighted by atomic mass is 19.1. The van der Waals surface area contributed by atoms with Crippen LogP contribution in [0.25, 0.3) is 0 Å². The molecular weight excluding hydrogens is 475 g/mol. The Morgan fingerprint density at radius 2 is 1.92 bits per heavy atom. The second kappa shape index (κ2) is 10.1. The number of aromatic nitrogens is 1. The number of aliphatic imine (C=N–C) groups is 1. The third-order valence-corrected chi connectivity index (χ3v) is 5.87. The molecule has 2 aromatic rings. The van der Waals surface area contributed by atoms with Crippen LogP contribution >= 0.6 is 0 Å². The summed E-state index contributed by atoms with van der Waals surface area (Å²) in [6.07, 6.45) is 2.31. The Bertz CT molecular complexity index is 1310. The van der Waals surface area contributed by atoms with E-state index in [-0.39, 0.29) is 30.2 Å². The standard InChI is InChI=1S/C24H22F3N7O2/c1-13(19(29)9-28)23(30-2)20-8-22(18(27)10-31-20)36-17-11-33(12-17)24(35)34-21(3-4-32-34)14-5-15(25)7-16(26)6-14/h4-8,10,17,21H,3,11-12,29H2,1-2H3. The van der Waals surface area contributed by atoms with Gasteiger partial charge in [0.1, 0.15) is 29.5 Å². The van der Waals surface area contributed by atoms with E-state index in [4.69, 9.17) is 15.7 Å². The fourth-order valence-electron chi connectivity index (χ4n) is 3.96. The number of hydrogen-bond acceptors (Lipinski definition) is 7. The van der Waals surface area contributed by atoms with Gasteiger partial charge in [-0.3, -0.25) is 9.98 Å². The molecule has 3 heterocycles. The van der Waals surface area contributed by atoms with Crippen LogP contribution in [0.15, 0.2) is 51.8 Å². The number of likely N-dealkylation sites (tertiary alicyclic amines) is 1. The lowest BCUT2D eigenvalue weighted by Crippen LogP contribution is -2.58. The van der Waals surface area contributed by atoms with E-state index in [2.05, 4.69) is 15.1 Å². The summed E-state index contributed by atoms with van der Waals surface area (Å²) in [6.45, 7) is 1.91. The molecule has 2 aliphatic heterocycles. The molecule has 2 amide bonds.